The molecule has 1 aliphatic rings. The van der Waals surface area contributed by atoms with Crippen molar-refractivity contribution in [2.45, 2.75) is 0 Å². The van der Waals surface area contributed by atoms with Gasteiger partial charge in [0.15, 0.2) is 9.84 Å². The molecule has 1 saturated heterocycles. The molecule has 1 rings (SSSR count). The Balaban J connectivity index is 2.55. The fourth-order valence-electron chi connectivity index (χ4n) is 0.712. The molecule has 0 amide bonds. The zero-order chi connectivity index (χ0) is 6.91. The average Bonchev–Trinajstić information content (AvgIpc) is 1.78. The van der Waals surface area contributed by atoms with Gasteiger partial charge in [0.1, 0.15) is 0 Å². The molecule has 9 heavy (non-hydrogen) atoms. The highest BCUT2D eigenvalue weighted by Crippen LogP contribution is 1.98. The number of nitrogens with one attached hydrogen (secondary N) is 1. The molecule has 4 nitrogen and oxygen atoms in total. The number of nitrogens with zero attached hydrogens (tertiary/aromatic N) is 1. The Labute approximate surface area is 54.5 Å². The van der Waals surface area contributed by atoms with E-state index in [0.717, 1.165) is 0 Å². The van der Waals surface area contributed by atoms with E-state index in [1.54, 1.807) is 0 Å². The van der Waals surface area contributed by atoms with E-state index in [2.05, 4.69) is 0 Å². The molecule has 0 saturated carbocycles. The summed E-state index contributed by atoms with van der Waals surface area (Å²) in [5.41, 5.74) is 0. The predicted octanol–water partition coefficient (Wildman–Crippen LogP) is -1.09. The highest BCUT2D eigenvalue weighted by atomic mass is 32.2. The second kappa shape index (κ2) is 2.24. The highest BCUT2D eigenvalue weighted by molar-refractivity contribution is 7.91. The van der Waals surface area contributed by atoms with Crippen LogP contribution in [0.25, 0.3) is 0 Å². The van der Waals surface area contributed by atoms with Gasteiger partial charge in [0.2, 0.25) is 0 Å². The standard InChI is InChI=1S/C4H9N2O2S/c5-6-1-3-9(7,8)4-2-6/h5H,1-4H2. The van der Waals surface area contributed by atoms with Crippen molar-refractivity contribution in [3.05, 3.63) is 0 Å². The summed E-state index contributed by atoms with van der Waals surface area (Å²) >= 11 is 0. The van der Waals surface area contributed by atoms with Crippen molar-refractivity contribution in [2.75, 3.05) is 24.6 Å². The Morgan fingerprint density at radius 1 is 1.22 bits per heavy atom. The molecule has 0 aliphatic carbocycles. The summed E-state index contributed by atoms with van der Waals surface area (Å²) in [6.07, 6.45) is 0. The van der Waals surface area contributed by atoms with Crippen molar-refractivity contribution in [1.29, 1.82) is 0 Å². The van der Waals surface area contributed by atoms with Gasteiger partial charge in [-0.3, -0.25) is 0 Å². The molecule has 5 heteroatoms. The second-order valence-electron chi connectivity index (χ2n) is 2.14. The molecule has 0 aromatic rings. The van der Waals surface area contributed by atoms with Crippen LogP contribution in [0.2, 0.25) is 0 Å². The third-order valence-electron chi connectivity index (χ3n) is 1.34. The zero-order valence-corrected chi connectivity index (χ0v) is 5.82. The first-order valence-corrected chi connectivity index (χ1v) is 4.59. The van der Waals surface area contributed by atoms with Crippen LogP contribution in [-0.4, -0.2) is 38.0 Å². The average molecular weight is 149 g/mol. The van der Waals surface area contributed by atoms with E-state index >= 15 is 0 Å². The van der Waals surface area contributed by atoms with Gasteiger partial charge in [-0.15, -0.1) is 0 Å². The Morgan fingerprint density at radius 2 is 1.67 bits per heavy atom. The monoisotopic (exact) mass is 149 g/mol. The van der Waals surface area contributed by atoms with Gasteiger partial charge in [0.25, 0.3) is 0 Å². The molecule has 1 N–H and O–H groups in total. The van der Waals surface area contributed by atoms with E-state index in [-0.39, 0.29) is 11.5 Å². The van der Waals surface area contributed by atoms with Gasteiger partial charge in [-0.25, -0.2) is 13.4 Å². The summed E-state index contributed by atoms with van der Waals surface area (Å²) in [5, 5.41) is 1.28. The molecule has 0 bridgehead atoms. The first-order valence-electron chi connectivity index (χ1n) is 2.77. The Morgan fingerprint density at radius 3 is 2.00 bits per heavy atom. The maximum Gasteiger partial charge on any atom is 0.152 e. The van der Waals surface area contributed by atoms with Gasteiger partial charge in [-0.05, 0) is 0 Å². The van der Waals surface area contributed by atoms with E-state index in [9.17, 15) is 8.42 Å². The fourth-order valence-corrected chi connectivity index (χ4v) is 1.91. The van der Waals surface area contributed by atoms with E-state index in [4.69, 9.17) is 5.84 Å². The van der Waals surface area contributed by atoms with Gasteiger partial charge in [0.05, 0.1) is 11.5 Å². The van der Waals surface area contributed by atoms with Crippen LogP contribution in [0.5, 0.6) is 0 Å². The Hall–Kier alpha value is -0.130. The summed E-state index contributed by atoms with van der Waals surface area (Å²) in [5.74, 6) is 7.32. The Bertz CT molecular complexity index is 173. The van der Waals surface area contributed by atoms with Crippen LogP contribution in [0.1, 0.15) is 0 Å². The molecule has 53 valence electrons. The van der Waals surface area contributed by atoms with Crippen molar-refractivity contribution >= 4 is 9.84 Å². The van der Waals surface area contributed by atoms with Crippen molar-refractivity contribution in [2.24, 2.45) is 0 Å². The third kappa shape index (κ3) is 1.92. The van der Waals surface area contributed by atoms with Gasteiger partial charge < -0.3 is 0 Å². The quantitative estimate of drug-likeness (QED) is 0.440. The lowest BCUT2D eigenvalue weighted by molar-refractivity contribution is 0.289. The molecule has 0 aromatic carbocycles. The van der Waals surface area contributed by atoms with Crippen molar-refractivity contribution in [3.8, 4) is 0 Å². The molecular formula is C4H9N2O2S. The van der Waals surface area contributed by atoms with Crippen LogP contribution in [0.4, 0.5) is 0 Å². The summed E-state index contributed by atoms with van der Waals surface area (Å²) < 4.78 is 21.4. The summed E-state index contributed by atoms with van der Waals surface area (Å²) in [6.45, 7) is 0.727. The molecule has 1 radical (unpaired) electrons. The largest absolute Gasteiger partial charge is 0.229 e. The second-order valence-corrected chi connectivity index (χ2v) is 4.44. The summed E-state index contributed by atoms with van der Waals surface area (Å²) in [7, 11) is -2.78. The summed E-state index contributed by atoms with van der Waals surface area (Å²) in [6, 6.07) is 0. The lowest BCUT2D eigenvalue weighted by Gasteiger charge is -2.19. The minimum atomic E-state index is -2.78. The maximum absolute atomic E-state index is 10.7. The van der Waals surface area contributed by atoms with Gasteiger partial charge >= 0.3 is 0 Å². The lowest BCUT2D eigenvalue weighted by atomic mass is 10.6. The van der Waals surface area contributed by atoms with Crippen LogP contribution in [0.3, 0.4) is 0 Å². The van der Waals surface area contributed by atoms with Crippen LogP contribution < -0.4 is 5.84 Å². The van der Waals surface area contributed by atoms with E-state index in [1.165, 1.54) is 5.01 Å². The normalized spacial score (nSPS) is 28.1. The van der Waals surface area contributed by atoms with Crippen LogP contribution in [0.15, 0.2) is 0 Å². The molecule has 0 spiro atoms. The third-order valence-corrected chi connectivity index (χ3v) is 2.95. The summed E-state index contributed by atoms with van der Waals surface area (Å²) in [4.78, 5) is 0. The van der Waals surface area contributed by atoms with Crippen molar-refractivity contribution in [1.82, 2.24) is 10.9 Å². The van der Waals surface area contributed by atoms with Gasteiger partial charge in [-0.2, -0.15) is 5.84 Å². The van der Waals surface area contributed by atoms with Gasteiger partial charge in [0, 0.05) is 13.1 Å². The fraction of sp³-hybridized carbons (Fsp3) is 1.00. The number of hydrogen-bond donors (Lipinski definition) is 0. The first-order chi connectivity index (χ1) is 4.10. The van der Waals surface area contributed by atoms with Crippen LogP contribution in [0, 0.1) is 0 Å². The Kier molecular flexibility index (Phi) is 1.74. The predicted molar refractivity (Wildman–Crippen MR) is 33.3 cm³/mol. The molecule has 0 unspecified atom stereocenters. The number of sulfone groups is 1. The minimum Gasteiger partial charge on any atom is -0.229 e. The molecule has 1 heterocycles. The molecule has 0 atom stereocenters. The van der Waals surface area contributed by atoms with Crippen molar-refractivity contribution < 1.29 is 8.42 Å². The highest BCUT2D eigenvalue weighted by Gasteiger charge is 2.18. The number of hydrogen-bond acceptors (Lipinski definition) is 3. The zero-order valence-electron chi connectivity index (χ0n) is 5.00. The lowest BCUT2D eigenvalue weighted by Crippen LogP contribution is -2.39. The van der Waals surface area contributed by atoms with Crippen molar-refractivity contribution in [3.63, 3.8) is 0 Å². The van der Waals surface area contributed by atoms with E-state index in [0.29, 0.717) is 13.1 Å². The SMILES string of the molecule is [NH]N1CCS(=O)(=O)CC1. The smallest absolute Gasteiger partial charge is 0.152 e. The minimum absolute atomic E-state index is 0.149. The number of rotatable bonds is 0. The van der Waals surface area contributed by atoms with E-state index in [1.807, 2.05) is 0 Å². The van der Waals surface area contributed by atoms with E-state index < -0.39 is 9.84 Å². The molecule has 1 fully saturated rings. The molecule has 1 aliphatic heterocycles. The van der Waals surface area contributed by atoms with Crippen LogP contribution >= 0.6 is 0 Å². The maximum atomic E-state index is 10.7. The van der Waals surface area contributed by atoms with Gasteiger partial charge in [-0.1, -0.05) is 0 Å². The van der Waals surface area contributed by atoms with Crippen LogP contribution in [-0.2, 0) is 9.84 Å². The molecule has 0 aromatic heterocycles. The topological polar surface area (TPSA) is 61.2 Å². The molecular weight excluding hydrogens is 140 g/mol. The first kappa shape index (κ1) is 6.98.